The van der Waals surface area contributed by atoms with E-state index in [2.05, 4.69) is 4.74 Å². The van der Waals surface area contributed by atoms with Crippen LogP contribution in [0, 0.1) is 0 Å². The summed E-state index contributed by atoms with van der Waals surface area (Å²) < 4.78 is 47.0. The minimum absolute atomic E-state index is 0.00812. The van der Waals surface area contributed by atoms with Gasteiger partial charge in [-0.3, -0.25) is 4.79 Å². The van der Waals surface area contributed by atoms with Crippen LogP contribution in [0.1, 0.15) is 23.6 Å². The van der Waals surface area contributed by atoms with Crippen LogP contribution in [-0.2, 0) is 15.7 Å². The van der Waals surface area contributed by atoms with Gasteiger partial charge in [-0.05, 0) is 12.1 Å². The average Bonchev–Trinajstić information content (AvgIpc) is 2.36. The number of alkyl halides is 3. The Hall–Kier alpha value is -1.76. The molecule has 1 atom stereocenters. The molecule has 0 spiro atoms. The van der Waals surface area contributed by atoms with Crippen molar-refractivity contribution in [3.05, 3.63) is 29.3 Å². The molecule has 0 saturated carbocycles. The standard InChI is InChI=1S/C12H14F3NO3/c1-18-10-5-7(12(13,14)15)3-4-8(10)9(16)6-11(17)19-2/h3-5,9H,6,16H2,1-2H3/t9-/m1/s1. The summed E-state index contributed by atoms with van der Waals surface area (Å²) in [5, 5.41) is 0. The van der Waals surface area contributed by atoms with Crippen molar-refractivity contribution < 1.29 is 27.4 Å². The van der Waals surface area contributed by atoms with Gasteiger partial charge in [0.1, 0.15) is 5.75 Å². The topological polar surface area (TPSA) is 61.5 Å². The van der Waals surface area contributed by atoms with Gasteiger partial charge >= 0.3 is 12.1 Å². The summed E-state index contributed by atoms with van der Waals surface area (Å²) in [5.41, 5.74) is 5.23. The van der Waals surface area contributed by atoms with Gasteiger partial charge in [0.05, 0.1) is 26.2 Å². The SMILES string of the molecule is COC(=O)C[C@@H](N)c1ccc(C(F)(F)F)cc1OC. The first kappa shape index (κ1) is 15.3. The summed E-state index contributed by atoms with van der Waals surface area (Å²) in [4.78, 5) is 11.1. The fourth-order valence-corrected chi connectivity index (χ4v) is 1.57. The molecular weight excluding hydrogens is 263 g/mol. The molecule has 0 unspecified atom stereocenters. The average molecular weight is 277 g/mol. The van der Waals surface area contributed by atoms with Gasteiger partial charge in [-0.25, -0.2) is 0 Å². The first-order chi connectivity index (χ1) is 8.79. The number of benzene rings is 1. The number of carbonyl (C=O) groups excluding carboxylic acids is 1. The maximum Gasteiger partial charge on any atom is 0.416 e. The smallest absolute Gasteiger partial charge is 0.416 e. The predicted molar refractivity (Wildman–Crippen MR) is 61.6 cm³/mol. The molecule has 0 aromatic heterocycles. The molecule has 0 bridgehead atoms. The zero-order valence-corrected chi connectivity index (χ0v) is 10.5. The van der Waals surface area contributed by atoms with Crippen LogP contribution in [0.15, 0.2) is 18.2 Å². The molecule has 0 amide bonds. The molecule has 0 heterocycles. The highest BCUT2D eigenvalue weighted by molar-refractivity contribution is 5.70. The Bertz CT molecular complexity index is 460. The Labute approximate surface area is 108 Å². The van der Waals surface area contributed by atoms with Crippen molar-refractivity contribution in [3.63, 3.8) is 0 Å². The van der Waals surface area contributed by atoms with Gasteiger partial charge in [0, 0.05) is 11.6 Å². The number of methoxy groups -OCH3 is 2. The van der Waals surface area contributed by atoms with E-state index in [9.17, 15) is 18.0 Å². The van der Waals surface area contributed by atoms with Crippen molar-refractivity contribution in [3.8, 4) is 5.75 Å². The highest BCUT2D eigenvalue weighted by atomic mass is 19.4. The minimum atomic E-state index is -4.46. The molecule has 0 aliphatic rings. The van der Waals surface area contributed by atoms with Gasteiger partial charge in [-0.15, -0.1) is 0 Å². The molecule has 0 aliphatic heterocycles. The van der Waals surface area contributed by atoms with Crippen molar-refractivity contribution in [2.75, 3.05) is 14.2 Å². The lowest BCUT2D eigenvalue weighted by Crippen LogP contribution is -2.17. The van der Waals surface area contributed by atoms with E-state index in [0.717, 1.165) is 12.1 Å². The number of hydrogen-bond donors (Lipinski definition) is 1. The maximum atomic E-state index is 12.5. The van der Waals surface area contributed by atoms with Crippen LogP contribution in [0.5, 0.6) is 5.75 Å². The van der Waals surface area contributed by atoms with E-state index in [1.807, 2.05) is 0 Å². The Kier molecular flexibility index (Phi) is 4.77. The van der Waals surface area contributed by atoms with E-state index in [-0.39, 0.29) is 12.2 Å². The van der Waals surface area contributed by atoms with Crippen LogP contribution < -0.4 is 10.5 Å². The molecule has 0 aliphatic carbocycles. The van der Waals surface area contributed by atoms with Crippen molar-refractivity contribution in [1.29, 1.82) is 0 Å². The van der Waals surface area contributed by atoms with Gasteiger partial charge in [-0.2, -0.15) is 13.2 Å². The van der Waals surface area contributed by atoms with Gasteiger partial charge in [0.2, 0.25) is 0 Å². The number of hydrogen-bond acceptors (Lipinski definition) is 4. The molecule has 19 heavy (non-hydrogen) atoms. The number of rotatable bonds is 4. The highest BCUT2D eigenvalue weighted by Crippen LogP contribution is 2.35. The van der Waals surface area contributed by atoms with Gasteiger partial charge < -0.3 is 15.2 Å². The Morgan fingerprint density at radius 3 is 2.47 bits per heavy atom. The summed E-state index contributed by atoms with van der Waals surface area (Å²) in [7, 11) is 2.45. The summed E-state index contributed by atoms with van der Waals surface area (Å²) in [6, 6.07) is 2.17. The second-order valence-electron chi connectivity index (χ2n) is 3.84. The lowest BCUT2D eigenvalue weighted by Gasteiger charge is -2.16. The van der Waals surface area contributed by atoms with Gasteiger partial charge in [0.25, 0.3) is 0 Å². The van der Waals surface area contributed by atoms with E-state index in [1.165, 1.54) is 20.3 Å². The number of ether oxygens (including phenoxy) is 2. The van der Waals surface area contributed by atoms with Crippen molar-refractivity contribution in [2.45, 2.75) is 18.6 Å². The Morgan fingerprint density at radius 1 is 1.37 bits per heavy atom. The fraction of sp³-hybridized carbons (Fsp3) is 0.417. The van der Waals surface area contributed by atoms with Crippen LogP contribution in [0.3, 0.4) is 0 Å². The summed E-state index contributed by atoms with van der Waals surface area (Å²) in [5.74, 6) is -0.555. The van der Waals surface area contributed by atoms with Crippen LogP contribution in [0.2, 0.25) is 0 Å². The molecule has 2 N–H and O–H groups in total. The van der Waals surface area contributed by atoms with E-state index in [4.69, 9.17) is 10.5 Å². The minimum Gasteiger partial charge on any atom is -0.496 e. The molecule has 0 radical (unpaired) electrons. The molecule has 1 aromatic rings. The number of nitrogens with two attached hydrogens (primary N) is 1. The summed E-state index contributed by atoms with van der Waals surface area (Å²) in [6.07, 6.45) is -4.60. The first-order valence-electron chi connectivity index (χ1n) is 5.37. The first-order valence-corrected chi connectivity index (χ1v) is 5.37. The number of halogens is 3. The molecule has 1 aromatic carbocycles. The van der Waals surface area contributed by atoms with E-state index >= 15 is 0 Å². The summed E-state index contributed by atoms with van der Waals surface area (Å²) in [6.45, 7) is 0. The molecule has 4 nitrogen and oxygen atoms in total. The monoisotopic (exact) mass is 277 g/mol. The zero-order chi connectivity index (χ0) is 14.6. The number of esters is 1. The molecule has 7 heteroatoms. The molecule has 0 saturated heterocycles. The van der Waals surface area contributed by atoms with Gasteiger partial charge in [-0.1, -0.05) is 6.07 Å². The van der Waals surface area contributed by atoms with Crippen LogP contribution in [0.25, 0.3) is 0 Å². The molecule has 0 fully saturated rings. The Morgan fingerprint density at radius 2 is 2.00 bits per heavy atom. The van der Waals surface area contributed by atoms with Crippen molar-refractivity contribution in [2.24, 2.45) is 5.73 Å². The fourth-order valence-electron chi connectivity index (χ4n) is 1.57. The normalized spacial score (nSPS) is 12.9. The Balaban J connectivity index is 3.05. The lowest BCUT2D eigenvalue weighted by atomic mass is 10.0. The molecule has 106 valence electrons. The van der Waals surface area contributed by atoms with E-state index < -0.39 is 23.8 Å². The predicted octanol–water partition coefficient (Wildman–Crippen LogP) is 2.28. The molecular formula is C12H14F3NO3. The van der Waals surface area contributed by atoms with Crippen molar-refractivity contribution in [1.82, 2.24) is 0 Å². The lowest BCUT2D eigenvalue weighted by molar-refractivity contribution is -0.141. The second kappa shape index (κ2) is 5.92. The van der Waals surface area contributed by atoms with Crippen molar-refractivity contribution >= 4 is 5.97 Å². The van der Waals surface area contributed by atoms with Gasteiger partial charge in [0.15, 0.2) is 0 Å². The number of carbonyl (C=O) groups is 1. The second-order valence-corrected chi connectivity index (χ2v) is 3.84. The van der Waals surface area contributed by atoms with E-state index in [0.29, 0.717) is 5.56 Å². The zero-order valence-electron chi connectivity index (χ0n) is 10.5. The third-order valence-corrected chi connectivity index (χ3v) is 2.57. The third-order valence-electron chi connectivity index (χ3n) is 2.57. The van der Waals surface area contributed by atoms with Crippen LogP contribution in [-0.4, -0.2) is 20.2 Å². The molecule has 1 rings (SSSR count). The van der Waals surface area contributed by atoms with Crippen LogP contribution >= 0.6 is 0 Å². The van der Waals surface area contributed by atoms with Crippen LogP contribution in [0.4, 0.5) is 13.2 Å². The summed E-state index contributed by atoms with van der Waals surface area (Å²) >= 11 is 0. The van der Waals surface area contributed by atoms with E-state index in [1.54, 1.807) is 0 Å². The quantitative estimate of drug-likeness (QED) is 0.858. The highest BCUT2D eigenvalue weighted by Gasteiger charge is 2.31. The largest absolute Gasteiger partial charge is 0.496 e. The third kappa shape index (κ3) is 3.85. The maximum absolute atomic E-state index is 12.5.